The fraction of sp³-hybridized carbons (Fsp3) is 0.0370. The summed E-state index contributed by atoms with van der Waals surface area (Å²) in [5, 5.41) is 15.3. The number of para-hydroxylation sites is 1. The van der Waals surface area contributed by atoms with Gasteiger partial charge in [0.25, 0.3) is 0 Å². The molecule has 60 heavy (non-hydrogen) atoms. The van der Waals surface area contributed by atoms with E-state index in [1.807, 2.05) is 47.7 Å². The third-order valence-corrected chi connectivity index (χ3v) is 13.0. The molecule has 284 valence electrons. The second-order valence-corrected chi connectivity index (χ2v) is 16.5. The Morgan fingerprint density at radius 2 is 1.18 bits per heavy atom. The number of hydrogen-bond acceptors (Lipinski definition) is 5. The van der Waals surface area contributed by atoms with Gasteiger partial charge in [-0.15, -0.1) is 11.3 Å². The highest BCUT2D eigenvalue weighted by atomic mass is 32.1. The van der Waals surface area contributed by atoms with Gasteiger partial charge in [0.2, 0.25) is 0 Å². The summed E-state index contributed by atoms with van der Waals surface area (Å²) in [5.74, 6) is 0.708. The van der Waals surface area contributed by atoms with Crippen LogP contribution in [0.25, 0.3) is 96.7 Å². The quantitative estimate of drug-likeness (QED) is 0.0994. The number of aliphatic imine (C=N–C) groups is 2. The van der Waals surface area contributed by atoms with E-state index in [4.69, 9.17) is 18.8 Å². The SMILES string of the molecule is C=NC(N/C(=N\Cc1ccc2ccc3ccccc3c2c1)c1ccc2oc3ccccc3c2c1)c1cccc2oc3ccc(-c4ccc5sc6ccccc6c5c4)cc3c12. The van der Waals surface area contributed by atoms with E-state index in [-0.39, 0.29) is 0 Å². The van der Waals surface area contributed by atoms with Crippen molar-refractivity contribution in [1.82, 2.24) is 5.32 Å². The molecule has 5 nitrogen and oxygen atoms in total. The lowest BCUT2D eigenvalue weighted by molar-refractivity contribution is 0.664. The van der Waals surface area contributed by atoms with Gasteiger partial charge in [0, 0.05) is 52.8 Å². The third-order valence-electron chi connectivity index (χ3n) is 11.9. The summed E-state index contributed by atoms with van der Waals surface area (Å²) in [6.45, 7) is 4.58. The van der Waals surface area contributed by atoms with Crippen LogP contribution in [0.2, 0.25) is 0 Å². The van der Waals surface area contributed by atoms with Crippen LogP contribution >= 0.6 is 11.3 Å². The molecule has 0 saturated heterocycles. The molecule has 0 bridgehead atoms. The van der Waals surface area contributed by atoms with Gasteiger partial charge in [-0.2, -0.15) is 0 Å². The van der Waals surface area contributed by atoms with Crippen LogP contribution in [0, 0.1) is 0 Å². The molecule has 6 heteroatoms. The van der Waals surface area contributed by atoms with Gasteiger partial charge >= 0.3 is 0 Å². The maximum absolute atomic E-state index is 6.51. The van der Waals surface area contributed by atoms with Crippen LogP contribution in [0.1, 0.15) is 22.9 Å². The molecule has 12 rings (SSSR count). The molecule has 0 aliphatic rings. The smallest absolute Gasteiger partial charge is 0.145 e. The Morgan fingerprint density at radius 1 is 0.517 bits per heavy atom. The number of nitrogens with zero attached hydrogens (tertiary/aromatic N) is 2. The largest absolute Gasteiger partial charge is 0.456 e. The van der Waals surface area contributed by atoms with Gasteiger partial charge in [0.1, 0.15) is 34.3 Å². The summed E-state index contributed by atoms with van der Waals surface area (Å²) in [6.07, 6.45) is -0.539. The molecule has 0 fully saturated rings. The molecular formula is C54H35N3O2S. The maximum atomic E-state index is 6.51. The molecule has 12 aromatic rings. The average Bonchev–Trinajstić information content (AvgIpc) is 3.99. The van der Waals surface area contributed by atoms with Crippen LogP contribution in [-0.2, 0) is 6.54 Å². The Bertz CT molecular complexity index is 3720. The van der Waals surface area contributed by atoms with Crippen molar-refractivity contribution in [3.05, 3.63) is 193 Å². The predicted molar refractivity (Wildman–Crippen MR) is 253 cm³/mol. The van der Waals surface area contributed by atoms with Crippen LogP contribution in [0.4, 0.5) is 0 Å². The van der Waals surface area contributed by atoms with Gasteiger partial charge in [-0.05, 0) is 112 Å². The van der Waals surface area contributed by atoms with Crippen LogP contribution in [0.15, 0.2) is 195 Å². The summed E-state index contributed by atoms with van der Waals surface area (Å²) >= 11 is 1.83. The maximum Gasteiger partial charge on any atom is 0.145 e. The third kappa shape index (κ3) is 5.68. The number of furan rings is 2. The highest BCUT2D eigenvalue weighted by molar-refractivity contribution is 7.25. The van der Waals surface area contributed by atoms with E-state index in [2.05, 4.69) is 152 Å². The van der Waals surface area contributed by atoms with E-state index in [0.717, 1.165) is 71.7 Å². The van der Waals surface area contributed by atoms with Gasteiger partial charge in [-0.3, -0.25) is 9.98 Å². The van der Waals surface area contributed by atoms with Gasteiger partial charge < -0.3 is 14.2 Å². The zero-order chi connectivity index (χ0) is 39.7. The Morgan fingerprint density at radius 3 is 2.08 bits per heavy atom. The first-order valence-corrected chi connectivity index (χ1v) is 20.9. The zero-order valence-corrected chi connectivity index (χ0v) is 33.2. The van der Waals surface area contributed by atoms with E-state index in [1.54, 1.807) is 0 Å². The van der Waals surface area contributed by atoms with Gasteiger partial charge in [0.15, 0.2) is 0 Å². The average molecular weight is 790 g/mol. The van der Waals surface area contributed by atoms with E-state index in [1.165, 1.54) is 41.7 Å². The molecule has 0 saturated carbocycles. The highest BCUT2D eigenvalue weighted by Crippen LogP contribution is 2.40. The predicted octanol–water partition coefficient (Wildman–Crippen LogP) is 14.8. The first-order chi connectivity index (χ1) is 29.6. The van der Waals surface area contributed by atoms with Crippen molar-refractivity contribution >= 4 is 109 Å². The summed E-state index contributed by atoms with van der Waals surface area (Å²) in [6, 6.07) is 62.0. The molecule has 1 atom stereocenters. The topological polar surface area (TPSA) is 63.0 Å². The Balaban J connectivity index is 0.971. The Hall–Kier alpha value is -7.54. The number of nitrogens with one attached hydrogen (secondary N) is 1. The Kier molecular flexibility index (Phi) is 7.93. The number of fused-ring (bicyclic) bond motifs is 12. The minimum absolute atomic E-state index is 0.460. The molecule has 0 radical (unpaired) electrons. The van der Waals surface area contributed by atoms with Gasteiger partial charge in [0.05, 0.1) is 6.54 Å². The fourth-order valence-electron chi connectivity index (χ4n) is 8.93. The van der Waals surface area contributed by atoms with Crippen molar-refractivity contribution in [2.45, 2.75) is 12.7 Å². The molecule has 0 aliphatic heterocycles. The summed E-state index contributed by atoms with van der Waals surface area (Å²) < 4.78 is 15.3. The Labute approximate surface area is 348 Å². The van der Waals surface area contributed by atoms with Crippen molar-refractivity contribution in [3.8, 4) is 11.1 Å². The number of thiophene rings is 1. The molecular weight excluding hydrogens is 755 g/mol. The van der Waals surface area contributed by atoms with Gasteiger partial charge in [-0.25, -0.2) is 0 Å². The highest BCUT2D eigenvalue weighted by Gasteiger charge is 2.21. The van der Waals surface area contributed by atoms with Crippen molar-refractivity contribution in [2.75, 3.05) is 0 Å². The summed E-state index contributed by atoms with van der Waals surface area (Å²) in [7, 11) is 0. The zero-order valence-electron chi connectivity index (χ0n) is 32.4. The number of rotatable bonds is 7. The normalized spacial score (nSPS) is 12.8. The lowest BCUT2D eigenvalue weighted by Gasteiger charge is -2.19. The minimum Gasteiger partial charge on any atom is -0.456 e. The van der Waals surface area contributed by atoms with Crippen LogP contribution in [0.3, 0.4) is 0 Å². The second kappa shape index (κ2) is 13.8. The minimum atomic E-state index is -0.539. The fourth-order valence-corrected chi connectivity index (χ4v) is 10.0. The standard InChI is InChI=1S/C54H35N3O2S/c1-55-54(41-13-8-15-49-52(41)45-29-35(21-24-48(45)59-49)36-23-26-51-44(28-36)40-12-5-7-16-50(40)60-51)57-53(37-22-25-47-43(30-37)39-11-4-6-14-46(39)58-47)56-31-32-17-18-34-20-19-33-9-2-3-10-38(33)42(34)27-32/h2-30,54H,1,31H2,(H,56,57). The van der Waals surface area contributed by atoms with Crippen molar-refractivity contribution in [2.24, 2.45) is 9.98 Å². The van der Waals surface area contributed by atoms with Crippen molar-refractivity contribution in [3.63, 3.8) is 0 Å². The van der Waals surface area contributed by atoms with Crippen molar-refractivity contribution < 1.29 is 8.83 Å². The first kappa shape index (κ1) is 34.5. The van der Waals surface area contributed by atoms with E-state index in [0.29, 0.717) is 12.4 Å². The van der Waals surface area contributed by atoms with Crippen LogP contribution < -0.4 is 5.32 Å². The lowest BCUT2D eigenvalue weighted by atomic mass is 9.98. The molecule has 1 N–H and O–H groups in total. The van der Waals surface area contributed by atoms with E-state index in [9.17, 15) is 0 Å². The molecule has 3 heterocycles. The van der Waals surface area contributed by atoms with E-state index >= 15 is 0 Å². The number of amidine groups is 1. The van der Waals surface area contributed by atoms with Crippen LogP contribution in [0.5, 0.6) is 0 Å². The molecule has 0 aliphatic carbocycles. The number of hydrogen-bond donors (Lipinski definition) is 1. The van der Waals surface area contributed by atoms with Crippen LogP contribution in [-0.4, -0.2) is 12.6 Å². The first-order valence-electron chi connectivity index (χ1n) is 20.1. The summed E-state index contributed by atoms with van der Waals surface area (Å²) in [4.78, 5) is 10.1. The van der Waals surface area contributed by atoms with Crippen molar-refractivity contribution in [1.29, 1.82) is 0 Å². The molecule has 0 spiro atoms. The molecule has 0 amide bonds. The second-order valence-electron chi connectivity index (χ2n) is 15.4. The monoisotopic (exact) mass is 789 g/mol. The number of benzene rings is 9. The summed E-state index contributed by atoms with van der Waals surface area (Å²) in [5.41, 5.74) is 8.58. The lowest BCUT2D eigenvalue weighted by Crippen LogP contribution is -2.28. The molecule has 1 unspecified atom stereocenters. The van der Waals surface area contributed by atoms with Gasteiger partial charge in [-0.1, -0.05) is 109 Å². The molecule has 3 aromatic heterocycles. The van der Waals surface area contributed by atoms with E-state index < -0.39 is 6.17 Å². The molecule has 9 aromatic carbocycles.